The van der Waals surface area contributed by atoms with E-state index in [4.69, 9.17) is 5.73 Å². The maximum Gasteiger partial charge on any atom is 0.137 e. The van der Waals surface area contributed by atoms with E-state index in [-0.39, 0.29) is 17.3 Å². The van der Waals surface area contributed by atoms with Crippen molar-refractivity contribution in [2.24, 2.45) is 5.73 Å². The Balaban J connectivity index is 2.27. The van der Waals surface area contributed by atoms with Gasteiger partial charge in [0.25, 0.3) is 0 Å². The normalized spacial score (nSPS) is 13.2. The van der Waals surface area contributed by atoms with Crippen molar-refractivity contribution in [3.8, 4) is 0 Å². The van der Waals surface area contributed by atoms with Crippen molar-refractivity contribution in [3.63, 3.8) is 0 Å². The van der Waals surface area contributed by atoms with Crippen molar-refractivity contribution < 1.29 is 4.39 Å². The second-order valence-electron chi connectivity index (χ2n) is 6.01. The fourth-order valence-corrected chi connectivity index (χ4v) is 2.49. The van der Waals surface area contributed by atoms with Crippen LogP contribution in [-0.4, -0.2) is 0 Å². The van der Waals surface area contributed by atoms with Gasteiger partial charge < -0.3 is 5.73 Å². The highest BCUT2D eigenvalue weighted by Gasteiger charge is 2.18. The van der Waals surface area contributed by atoms with Crippen LogP contribution in [0.15, 0.2) is 46.9 Å². The highest BCUT2D eigenvalue weighted by Crippen LogP contribution is 2.29. The van der Waals surface area contributed by atoms with Gasteiger partial charge in [0.2, 0.25) is 0 Å². The molecule has 1 nitrogen and oxygen atoms in total. The van der Waals surface area contributed by atoms with Gasteiger partial charge in [0.1, 0.15) is 5.82 Å². The lowest BCUT2D eigenvalue weighted by Crippen LogP contribution is -2.16. The van der Waals surface area contributed by atoms with Crippen LogP contribution in [0.4, 0.5) is 4.39 Å². The number of rotatable bonds is 4. The van der Waals surface area contributed by atoms with E-state index in [0.717, 1.165) is 17.5 Å². The summed E-state index contributed by atoms with van der Waals surface area (Å²) < 4.78 is 14.1. The van der Waals surface area contributed by atoms with E-state index in [1.165, 1.54) is 11.6 Å². The molecule has 2 N–H and O–H groups in total. The van der Waals surface area contributed by atoms with Crippen molar-refractivity contribution in [1.82, 2.24) is 0 Å². The fourth-order valence-electron chi connectivity index (χ4n) is 2.24. The number of hydrogen-bond acceptors (Lipinski definition) is 1. The maximum absolute atomic E-state index is 13.6. The Morgan fingerprint density at radius 2 is 1.67 bits per heavy atom. The highest BCUT2D eigenvalue weighted by atomic mass is 79.9. The largest absolute Gasteiger partial charge is 0.320 e. The van der Waals surface area contributed by atoms with Crippen LogP contribution in [0.5, 0.6) is 0 Å². The molecule has 0 spiro atoms. The highest BCUT2D eigenvalue weighted by molar-refractivity contribution is 9.10. The Morgan fingerprint density at radius 1 is 1.10 bits per heavy atom. The van der Waals surface area contributed by atoms with Gasteiger partial charge in [0.05, 0.1) is 10.5 Å². The van der Waals surface area contributed by atoms with Gasteiger partial charge in [-0.3, -0.25) is 0 Å². The van der Waals surface area contributed by atoms with Crippen LogP contribution in [0.25, 0.3) is 0 Å². The first-order valence-electron chi connectivity index (χ1n) is 7.16. The first-order chi connectivity index (χ1) is 9.85. The predicted octanol–water partition coefficient (Wildman–Crippen LogP) is 5.32. The molecule has 0 aliphatic carbocycles. The molecular weight excluding hydrogens is 329 g/mol. The van der Waals surface area contributed by atoms with Crippen LogP contribution < -0.4 is 5.73 Å². The van der Waals surface area contributed by atoms with Gasteiger partial charge in [-0.2, -0.15) is 0 Å². The van der Waals surface area contributed by atoms with E-state index in [1.807, 2.05) is 18.2 Å². The summed E-state index contributed by atoms with van der Waals surface area (Å²) in [7, 11) is 0. The number of nitrogens with two attached hydrogens (primary N) is 1. The first-order valence-corrected chi connectivity index (χ1v) is 7.95. The molecule has 0 aromatic heterocycles. The number of benzene rings is 2. The van der Waals surface area contributed by atoms with E-state index in [1.54, 1.807) is 6.07 Å². The van der Waals surface area contributed by atoms with Crippen molar-refractivity contribution in [2.75, 3.05) is 0 Å². The van der Waals surface area contributed by atoms with Crippen LogP contribution in [0.1, 0.15) is 49.9 Å². The Morgan fingerprint density at radius 3 is 2.19 bits per heavy atom. The molecule has 0 bridgehead atoms. The van der Waals surface area contributed by atoms with E-state index in [2.05, 4.69) is 48.8 Å². The molecule has 1 unspecified atom stereocenters. The van der Waals surface area contributed by atoms with Gasteiger partial charge in [-0.05, 0) is 56.6 Å². The molecule has 2 aromatic carbocycles. The maximum atomic E-state index is 13.6. The molecule has 112 valence electrons. The summed E-state index contributed by atoms with van der Waals surface area (Å²) >= 11 is 3.16. The van der Waals surface area contributed by atoms with Crippen LogP contribution in [0.3, 0.4) is 0 Å². The molecule has 0 saturated heterocycles. The summed E-state index contributed by atoms with van der Waals surface area (Å²) in [6.07, 6.45) is 1.08. The third-order valence-corrected chi connectivity index (χ3v) is 4.88. The lowest BCUT2D eigenvalue weighted by Gasteiger charge is -2.24. The molecule has 21 heavy (non-hydrogen) atoms. The molecule has 0 fully saturated rings. The molecule has 0 amide bonds. The minimum atomic E-state index is -0.314. The monoisotopic (exact) mass is 349 g/mol. The molecule has 3 heteroatoms. The lowest BCUT2D eigenvalue weighted by molar-refractivity contribution is 0.506. The van der Waals surface area contributed by atoms with Gasteiger partial charge >= 0.3 is 0 Å². The third kappa shape index (κ3) is 3.53. The van der Waals surface area contributed by atoms with Crippen LogP contribution >= 0.6 is 15.9 Å². The Bertz CT molecular complexity index is 620. The molecule has 0 aliphatic rings. The third-order valence-electron chi connectivity index (χ3n) is 4.24. The van der Waals surface area contributed by atoms with Crippen molar-refractivity contribution in [1.29, 1.82) is 0 Å². The molecule has 0 heterocycles. The summed E-state index contributed by atoms with van der Waals surface area (Å²) in [5.74, 6) is -0.285. The zero-order chi connectivity index (χ0) is 15.6. The molecule has 0 saturated carbocycles. The summed E-state index contributed by atoms with van der Waals surface area (Å²) in [5, 5.41) is 0. The second kappa shape index (κ2) is 6.29. The van der Waals surface area contributed by atoms with Crippen LogP contribution in [0.2, 0.25) is 0 Å². The van der Waals surface area contributed by atoms with Crippen LogP contribution in [0, 0.1) is 5.82 Å². The SMILES string of the molecule is CCC(C)(C)c1ccc(C(N)c2ccc(Br)c(F)c2)cc1. The van der Waals surface area contributed by atoms with Gasteiger partial charge in [0.15, 0.2) is 0 Å². The van der Waals surface area contributed by atoms with Gasteiger partial charge in [-0.1, -0.05) is 51.1 Å². The molecule has 0 aliphatic heterocycles. The second-order valence-corrected chi connectivity index (χ2v) is 6.86. The first kappa shape index (κ1) is 16.2. The Kier molecular flexibility index (Phi) is 4.84. The minimum Gasteiger partial charge on any atom is -0.320 e. The summed E-state index contributed by atoms with van der Waals surface area (Å²) in [4.78, 5) is 0. The number of hydrogen-bond donors (Lipinski definition) is 1. The quantitative estimate of drug-likeness (QED) is 0.793. The molecule has 0 radical (unpaired) electrons. The van der Waals surface area contributed by atoms with E-state index in [0.29, 0.717) is 4.47 Å². The zero-order valence-electron chi connectivity index (χ0n) is 12.7. The lowest BCUT2D eigenvalue weighted by atomic mass is 9.81. The standard InChI is InChI=1S/C18H21BrFN/c1-4-18(2,3)14-8-5-12(6-9-14)17(21)13-7-10-15(19)16(20)11-13/h5-11,17H,4,21H2,1-3H3. The smallest absolute Gasteiger partial charge is 0.137 e. The average Bonchev–Trinajstić information content (AvgIpc) is 2.49. The summed E-state index contributed by atoms with van der Waals surface area (Å²) in [5.41, 5.74) is 9.47. The van der Waals surface area contributed by atoms with E-state index in [9.17, 15) is 4.39 Å². The number of halogens is 2. The predicted molar refractivity (Wildman–Crippen MR) is 89.9 cm³/mol. The molecule has 2 rings (SSSR count). The molecule has 1 atom stereocenters. The van der Waals surface area contributed by atoms with E-state index < -0.39 is 0 Å². The molecular formula is C18H21BrFN. The zero-order valence-corrected chi connectivity index (χ0v) is 14.2. The minimum absolute atomic E-state index is 0.159. The van der Waals surface area contributed by atoms with Crippen molar-refractivity contribution >= 4 is 15.9 Å². The Hall–Kier alpha value is -1.19. The summed E-state index contributed by atoms with van der Waals surface area (Å²) in [6, 6.07) is 13.0. The Labute approximate surface area is 134 Å². The topological polar surface area (TPSA) is 26.0 Å². The van der Waals surface area contributed by atoms with Crippen LogP contribution in [-0.2, 0) is 5.41 Å². The average molecular weight is 350 g/mol. The fraction of sp³-hybridized carbons (Fsp3) is 0.333. The van der Waals surface area contributed by atoms with Gasteiger partial charge in [-0.25, -0.2) is 4.39 Å². The van der Waals surface area contributed by atoms with E-state index >= 15 is 0 Å². The van der Waals surface area contributed by atoms with Crippen molar-refractivity contribution in [3.05, 3.63) is 69.4 Å². The molecule has 2 aromatic rings. The van der Waals surface area contributed by atoms with Gasteiger partial charge in [-0.15, -0.1) is 0 Å². The van der Waals surface area contributed by atoms with Crippen molar-refractivity contribution in [2.45, 2.75) is 38.6 Å². The summed E-state index contributed by atoms with van der Waals surface area (Å²) in [6.45, 7) is 6.64. The van der Waals surface area contributed by atoms with Gasteiger partial charge in [0, 0.05) is 0 Å².